The van der Waals surface area contributed by atoms with Gasteiger partial charge >= 0.3 is 0 Å². The van der Waals surface area contributed by atoms with Gasteiger partial charge in [0.15, 0.2) is 9.82 Å². The predicted molar refractivity (Wildman–Crippen MR) is 81.6 cm³/mol. The number of ether oxygens (including phenoxy) is 1. The van der Waals surface area contributed by atoms with Gasteiger partial charge in [-0.05, 0) is 27.9 Å². The zero-order chi connectivity index (χ0) is 13.9. The topological polar surface area (TPSA) is 34.5 Å². The van der Waals surface area contributed by atoms with Crippen LogP contribution in [0, 0.1) is 5.41 Å². The molecule has 19 heavy (non-hydrogen) atoms. The Bertz CT molecular complexity index is 613. The molecule has 102 valence electrons. The maximum atomic E-state index is 5.97. The third kappa shape index (κ3) is 4.30. The lowest BCUT2D eigenvalue weighted by atomic mass is 9.99. The summed E-state index contributed by atoms with van der Waals surface area (Å²) in [5.41, 5.74) is 0.891. The van der Waals surface area contributed by atoms with Gasteiger partial charge in [-0.3, -0.25) is 0 Å². The van der Waals surface area contributed by atoms with Gasteiger partial charge in [0.2, 0.25) is 0 Å². The molecule has 0 saturated carbocycles. The van der Waals surface area contributed by atoms with Crippen molar-refractivity contribution in [2.75, 3.05) is 6.61 Å². The Labute approximate surface area is 125 Å². The van der Waals surface area contributed by atoms with Gasteiger partial charge in [0.25, 0.3) is 0 Å². The van der Waals surface area contributed by atoms with Crippen LogP contribution < -0.4 is 9.41 Å². The molecule has 3 nitrogen and oxygen atoms in total. The Balaban J connectivity index is 2.30. The zero-order valence-corrected chi connectivity index (χ0v) is 13.4. The van der Waals surface area contributed by atoms with Crippen LogP contribution in [0.25, 0.3) is 0 Å². The van der Waals surface area contributed by atoms with E-state index in [9.17, 15) is 0 Å². The average Bonchev–Trinajstić information content (AvgIpc) is 2.73. The Morgan fingerprint density at radius 2 is 2.05 bits per heavy atom. The highest BCUT2D eigenvalue weighted by Crippen LogP contribution is 2.28. The molecular formula is C13H15ClN2OS2. The SMILES string of the molecule is CC(C)(C)COc1ccccc1/N=c1\ssnc1Cl. The van der Waals surface area contributed by atoms with Crippen molar-refractivity contribution in [2.45, 2.75) is 20.8 Å². The summed E-state index contributed by atoms with van der Waals surface area (Å²) < 4.78 is 10.6. The first-order chi connectivity index (χ1) is 8.96. The number of para-hydroxylation sites is 2. The first-order valence-electron chi connectivity index (χ1n) is 5.84. The van der Waals surface area contributed by atoms with E-state index in [1.807, 2.05) is 24.3 Å². The highest BCUT2D eigenvalue weighted by atomic mass is 35.5. The molecule has 0 saturated heterocycles. The molecule has 0 fully saturated rings. The summed E-state index contributed by atoms with van der Waals surface area (Å²) >= 11 is 5.97. The van der Waals surface area contributed by atoms with Crippen LogP contribution in [0.4, 0.5) is 5.69 Å². The minimum absolute atomic E-state index is 0.108. The van der Waals surface area contributed by atoms with Gasteiger partial charge in [0, 0.05) is 10.5 Å². The van der Waals surface area contributed by atoms with E-state index in [0.29, 0.717) is 11.8 Å². The van der Waals surface area contributed by atoms with Crippen LogP contribution in [0.3, 0.4) is 0 Å². The van der Waals surface area contributed by atoms with E-state index in [-0.39, 0.29) is 5.41 Å². The van der Waals surface area contributed by atoms with E-state index in [4.69, 9.17) is 16.3 Å². The molecule has 0 amide bonds. The van der Waals surface area contributed by atoms with Gasteiger partial charge in [0.05, 0.1) is 6.61 Å². The normalized spacial score (nSPS) is 12.7. The second-order valence-corrected chi connectivity index (χ2v) is 7.46. The lowest BCUT2D eigenvalue weighted by Gasteiger charge is -2.19. The van der Waals surface area contributed by atoms with E-state index in [1.54, 1.807) is 0 Å². The van der Waals surface area contributed by atoms with E-state index in [2.05, 4.69) is 30.1 Å². The van der Waals surface area contributed by atoms with Gasteiger partial charge in [-0.1, -0.05) is 44.5 Å². The van der Waals surface area contributed by atoms with E-state index in [0.717, 1.165) is 16.1 Å². The van der Waals surface area contributed by atoms with Crippen LogP contribution in [0.15, 0.2) is 29.3 Å². The molecule has 0 radical (unpaired) electrons. The Hall–Kier alpha value is -0.910. The maximum absolute atomic E-state index is 5.97. The van der Waals surface area contributed by atoms with E-state index < -0.39 is 0 Å². The number of halogens is 1. The molecule has 1 aromatic heterocycles. The minimum atomic E-state index is 0.108. The van der Waals surface area contributed by atoms with Gasteiger partial charge in [-0.15, -0.1) is 0 Å². The molecular weight excluding hydrogens is 300 g/mol. The standard InChI is InChI=1S/C13H15ClN2OS2/c1-13(2,3)8-17-10-7-5-4-6-9(10)15-12-11(14)16-19-18-12/h4-7H,8H2,1-3H3/b15-12-. The summed E-state index contributed by atoms with van der Waals surface area (Å²) in [7, 11) is 2.79. The summed E-state index contributed by atoms with van der Waals surface area (Å²) in [5, 5.41) is 0.445. The minimum Gasteiger partial charge on any atom is -0.491 e. The number of nitrogens with zero attached hydrogens (tertiary/aromatic N) is 2. The molecule has 0 spiro atoms. The van der Waals surface area contributed by atoms with Crippen molar-refractivity contribution in [2.24, 2.45) is 10.4 Å². The average molecular weight is 315 g/mol. The fraction of sp³-hybridized carbons (Fsp3) is 0.385. The van der Waals surface area contributed by atoms with Gasteiger partial charge in [-0.25, -0.2) is 4.99 Å². The summed E-state index contributed by atoms with van der Waals surface area (Å²) in [6, 6.07) is 7.71. The summed E-state index contributed by atoms with van der Waals surface area (Å²) in [6.45, 7) is 7.04. The first-order valence-corrected chi connectivity index (χ1v) is 8.32. The van der Waals surface area contributed by atoms with Crippen LogP contribution in [0.1, 0.15) is 20.8 Å². The van der Waals surface area contributed by atoms with Crippen molar-refractivity contribution in [1.82, 2.24) is 4.37 Å². The largest absolute Gasteiger partial charge is 0.491 e. The molecule has 0 atom stereocenters. The molecule has 2 rings (SSSR count). The molecule has 0 aliphatic carbocycles. The van der Waals surface area contributed by atoms with Crippen molar-refractivity contribution in [3.05, 3.63) is 34.1 Å². The van der Waals surface area contributed by atoms with E-state index in [1.165, 1.54) is 20.9 Å². The molecule has 0 unspecified atom stereocenters. The second-order valence-electron chi connectivity index (χ2n) is 5.27. The van der Waals surface area contributed by atoms with Crippen molar-refractivity contribution < 1.29 is 4.74 Å². The lowest BCUT2D eigenvalue weighted by Crippen LogP contribution is -2.16. The molecule has 0 aliphatic heterocycles. The van der Waals surface area contributed by atoms with Gasteiger partial charge < -0.3 is 4.74 Å². The number of hydrogen-bond donors (Lipinski definition) is 0. The number of hydrogen-bond acceptors (Lipinski definition) is 5. The van der Waals surface area contributed by atoms with Gasteiger partial charge in [-0.2, -0.15) is 4.37 Å². The van der Waals surface area contributed by atoms with Crippen molar-refractivity contribution in [3.63, 3.8) is 0 Å². The zero-order valence-electron chi connectivity index (χ0n) is 11.0. The number of benzene rings is 1. The lowest BCUT2D eigenvalue weighted by molar-refractivity contribution is 0.198. The molecule has 0 bridgehead atoms. The first kappa shape index (κ1) is 14.5. The van der Waals surface area contributed by atoms with Crippen LogP contribution in [0.5, 0.6) is 5.75 Å². The predicted octanol–water partition coefficient (Wildman–Crippen LogP) is 4.52. The summed E-state index contributed by atoms with van der Waals surface area (Å²) in [5.74, 6) is 0.770. The molecule has 0 aliphatic rings. The maximum Gasteiger partial charge on any atom is 0.179 e. The smallest absolute Gasteiger partial charge is 0.179 e. The van der Waals surface area contributed by atoms with Crippen molar-refractivity contribution >= 4 is 38.2 Å². The van der Waals surface area contributed by atoms with Crippen molar-refractivity contribution in [1.29, 1.82) is 0 Å². The quantitative estimate of drug-likeness (QED) is 0.781. The Morgan fingerprint density at radius 1 is 1.32 bits per heavy atom. The number of aromatic nitrogens is 1. The highest BCUT2D eigenvalue weighted by Gasteiger charge is 2.12. The fourth-order valence-corrected chi connectivity index (χ4v) is 3.28. The van der Waals surface area contributed by atoms with Gasteiger partial charge in [0.1, 0.15) is 11.4 Å². The Morgan fingerprint density at radius 3 is 2.68 bits per heavy atom. The monoisotopic (exact) mass is 314 g/mol. The highest BCUT2D eigenvalue weighted by molar-refractivity contribution is 7.66. The second kappa shape index (κ2) is 6.03. The van der Waals surface area contributed by atoms with E-state index >= 15 is 0 Å². The molecule has 2 aromatic rings. The van der Waals surface area contributed by atoms with Crippen LogP contribution >= 0.6 is 32.5 Å². The molecule has 1 aromatic carbocycles. The molecule has 6 heteroatoms. The molecule has 0 N–H and O–H groups in total. The fourth-order valence-electron chi connectivity index (χ4n) is 1.30. The summed E-state index contributed by atoms with van der Waals surface area (Å²) in [4.78, 5) is 4.51. The van der Waals surface area contributed by atoms with Crippen LogP contribution in [-0.4, -0.2) is 11.0 Å². The van der Waals surface area contributed by atoms with Crippen LogP contribution in [0.2, 0.25) is 5.15 Å². The molecule has 1 heterocycles. The van der Waals surface area contributed by atoms with Crippen molar-refractivity contribution in [3.8, 4) is 5.75 Å². The van der Waals surface area contributed by atoms with Crippen LogP contribution in [-0.2, 0) is 0 Å². The third-order valence-corrected chi connectivity index (χ3v) is 4.33. The third-order valence-electron chi connectivity index (χ3n) is 2.16. The summed E-state index contributed by atoms with van der Waals surface area (Å²) in [6.07, 6.45) is 0. The number of rotatable bonds is 3. The Kier molecular flexibility index (Phi) is 4.60.